The minimum absolute atomic E-state index is 0.193. The van der Waals surface area contributed by atoms with Crippen LogP contribution in [0.5, 0.6) is 5.75 Å². The Bertz CT molecular complexity index is 687. The number of rotatable bonds is 4. The first-order valence-electron chi connectivity index (χ1n) is 6.45. The van der Waals surface area contributed by atoms with Gasteiger partial charge in [0.15, 0.2) is 5.82 Å². The van der Waals surface area contributed by atoms with Crippen LogP contribution in [0.1, 0.15) is 24.5 Å². The summed E-state index contributed by atoms with van der Waals surface area (Å²) in [5.41, 5.74) is 5.26. The molecule has 1 aromatic carbocycles. The summed E-state index contributed by atoms with van der Waals surface area (Å²) in [7, 11) is 0. The Balaban J connectivity index is 2.30. The number of hydrogen-bond acceptors (Lipinski definition) is 4. The lowest BCUT2D eigenvalue weighted by Gasteiger charge is -2.09. The van der Waals surface area contributed by atoms with Crippen LogP contribution in [0.15, 0.2) is 35.6 Å². The van der Waals surface area contributed by atoms with Gasteiger partial charge in [0.2, 0.25) is 0 Å². The number of aromatic hydroxyl groups is 1. The zero-order valence-corrected chi connectivity index (χ0v) is 13.2. The molecule has 6 heteroatoms. The molecule has 110 valence electrons. The lowest BCUT2D eigenvalue weighted by Crippen LogP contribution is -2.05. The minimum Gasteiger partial charge on any atom is -0.507 e. The van der Waals surface area contributed by atoms with Gasteiger partial charge in [-0.25, -0.2) is 4.98 Å². The van der Waals surface area contributed by atoms with Gasteiger partial charge in [-0.15, -0.1) is 0 Å². The molecule has 0 fully saturated rings. The summed E-state index contributed by atoms with van der Waals surface area (Å²) in [5.74, 6) is 0.609. The summed E-state index contributed by atoms with van der Waals surface area (Å²) in [6.07, 6.45) is 2.14. The van der Waals surface area contributed by atoms with Crippen molar-refractivity contribution in [3.63, 3.8) is 0 Å². The fraction of sp³-hybridized carbons (Fsp3) is 0.200. The molecule has 4 nitrogen and oxygen atoms in total. The van der Waals surface area contributed by atoms with Crippen LogP contribution in [-0.4, -0.2) is 15.8 Å². The summed E-state index contributed by atoms with van der Waals surface area (Å²) in [6.45, 7) is 3.92. The van der Waals surface area contributed by atoms with Crippen molar-refractivity contribution in [2.24, 2.45) is 5.10 Å². The molecule has 2 aromatic rings. The molecule has 0 saturated carbocycles. The standard InChI is InChI=1S/C15H15Cl2N3O/c1-3-13(11-6-9(2)4-5-14(11)21)19-20-15-12(17)7-10(16)8-18-15/h4-8,21H,3H2,1-2H3,(H,18,20)/b19-13+. The number of pyridine rings is 1. The molecule has 0 radical (unpaired) electrons. The number of benzene rings is 1. The molecule has 0 aliphatic heterocycles. The number of phenolic OH excluding ortho intramolecular Hbond substituents is 1. The molecule has 0 atom stereocenters. The number of aryl methyl sites for hydroxylation is 1. The van der Waals surface area contributed by atoms with E-state index in [9.17, 15) is 5.11 Å². The molecule has 2 rings (SSSR count). The average molecular weight is 324 g/mol. The van der Waals surface area contributed by atoms with E-state index < -0.39 is 0 Å². The number of hydrogen-bond donors (Lipinski definition) is 2. The van der Waals surface area contributed by atoms with E-state index in [4.69, 9.17) is 23.2 Å². The maximum atomic E-state index is 9.96. The third-order valence-corrected chi connectivity index (χ3v) is 3.40. The smallest absolute Gasteiger partial charge is 0.165 e. The van der Waals surface area contributed by atoms with Gasteiger partial charge in [-0.1, -0.05) is 41.8 Å². The summed E-state index contributed by atoms with van der Waals surface area (Å²) in [4.78, 5) is 4.07. The van der Waals surface area contributed by atoms with Crippen molar-refractivity contribution < 1.29 is 5.11 Å². The quantitative estimate of drug-likeness (QED) is 0.637. The van der Waals surface area contributed by atoms with E-state index >= 15 is 0 Å². The first-order valence-corrected chi connectivity index (χ1v) is 7.20. The predicted molar refractivity (Wildman–Crippen MR) is 87.6 cm³/mol. The second kappa shape index (κ2) is 6.78. The van der Waals surface area contributed by atoms with Gasteiger partial charge in [0, 0.05) is 11.8 Å². The highest BCUT2D eigenvalue weighted by Gasteiger charge is 2.09. The summed E-state index contributed by atoms with van der Waals surface area (Å²) < 4.78 is 0. The van der Waals surface area contributed by atoms with Crippen molar-refractivity contribution in [2.45, 2.75) is 20.3 Å². The van der Waals surface area contributed by atoms with Gasteiger partial charge in [0.1, 0.15) is 5.75 Å². The van der Waals surface area contributed by atoms with Gasteiger partial charge in [0.25, 0.3) is 0 Å². The average Bonchev–Trinajstić information content (AvgIpc) is 2.45. The zero-order chi connectivity index (χ0) is 15.4. The molecule has 0 amide bonds. The topological polar surface area (TPSA) is 57.5 Å². The lowest BCUT2D eigenvalue weighted by molar-refractivity contribution is 0.474. The second-order valence-corrected chi connectivity index (χ2v) is 5.37. The van der Waals surface area contributed by atoms with E-state index in [1.807, 2.05) is 26.0 Å². The first-order chi connectivity index (χ1) is 10.0. The summed E-state index contributed by atoms with van der Waals surface area (Å²) in [6, 6.07) is 6.97. The Morgan fingerprint density at radius 1 is 1.33 bits per heavy atom. The van der Waals surface area contributed by atoms with Crippen LogP contribution in [0.2, 0.25) is 10.0 Å². The Hall–Kier alpha value is -1.78. The molecular formula is C15H15Cl2N3O. The Kier molecular flexibility index (Phi) is 5.04. The Labute approximate surface area is 133 Å². The molecule has 0 unspecified atom stereocenters. The van der Waals surface area contributed by atoms with Crippen LogP contribution >= 0.6 is 23.2 Å². The molecular weight excluding hydrogens is 309 g/mol. The fourth-order valence-electron chi connectivity index (χ4n) is 1.83. The molecule has 2 N–H and O–H groups in total. The maximum absolute atomic E-state index is 9.96. The van der Waals surface area contributed by atoms with Crippen LogP contribution in [0.4, 0.5) is 5.82 Å². The van der Waals surface area contributed by atoms with Crippen molar-refractivity contribution in [2.75, 3.05) is 5.43 Å². The number of hydrazone groups is 1. The lowest BCUT2D eigenvalue weighted by atomic mass is 10.0. The molecule has 0 saturated heterocycles. The van der Waals surface area contributed by atoms with Crippen LogP contribution < -0.4 is 5.43 Å². The monoisotopic (exact) mass is 323 g/mol. The highest BCUT2D eigenvalue weighted by molar-refractivity contribution is 6.35. The first kappa shape index (κ1) is 15.6. The third-order valence-electron chi connectivity index (χ3n) is 2.90. The molecule has 0 aliphatic carbocycles. The van der Waals surface area contributed by atoms with E-state index in [0.29, 0.717) is 33.6 Å². The van der Waals surface area contributed by atoms with Crippen molar-refractivity contribution in [1.29, 1.82) is 0 Å². The largest absolute Gasteiger partial charge is 0.507 e. The van der Waals surface area contributed by atoms with Crippen molar-refractivity contribution in [1.82, 2.24) is 4.98 Å². The van der Waals surface area contributed by atoms with Gasteiger partial charge >= 0.3 is 0 Å². The SMILES string of the molecule is CC/C(=N\Nc1ncc(Cl)cc1Cl)c1cc(C)ccc1O. The third kappa shape index (κ3) is 3.86. The molecule has 1 heterocycles. The molecule has 0 bridgehead atoms. The molecule has 0 spiro atoms. The van der Waals surface area contributed by atoms with Gasteiger partial charge in [-0.2, -0.15) is 5.10 Å². The van der Waals surface area contributed by atoms with Gasteiger partial charge in [-0.05, 0) is 31.5 Å². The van der Waals surface area contributed by atoms with Gasteiger partial charge in [0.05, 0.1) is 15.8 Å². The predicted octanol–water partition coefficient (Wildman–Crippen LogP) is 4.63. The number of nitrogens with one attached hydrogen (secondary N) is 1. The maximum Gasteiger partial charge on any atom is 0.165 e. The summed E-state index contributed by atoms with van der Waals surface area (Å²) >= 11 is 11.8. The fourth-order valence-corrected chi connectivity index (χ4v) is 2.25. The van der Waals surface area contributed by atoms with E-state index in [-0.39, 0.29) is 5.75 Å². The highest BCUT2D eigenvalue weighted by atomic mass is 35.5. The van der Waals surface area contributed by atoms with Gasteiger partial charge in [-0.3, -0.25) is 5.43 Å². The van der Waals surface area contributed by atoms with Crippen LogP contribution in [-0.2, 0) is 0 Å². The zero-order valence-electron chi connectivity index (χ0n) is 11.7. The number of halogens is 2. The van der Waals surface area contributed by atoms with Crippen molar-refractivity contribution >= 4 is 34.7 Å². The van der Waals surface area contributed by atoms with E-state index in [1.165, 1.54) is 6.20 Å². The van der Waals surface area contributed by atoms with Crippen molar-refractivity contribution in [3.8, 4) is 5.75 Å². The normalized spacial score (nSPS) is 11.5. The van der Waals surface area contributed by atoms with Crippen molar-refractivity contribution in [3.05, 3.63) is 51.6 Å². The summed E-state index contributed by atoms with van der Waals surface area (Å²) in [5, 5.41) is 15.1. The number of nitrogens with zero attached hydrogens (tertiary/aromatic N) is 2. The molecule has 21 heavy (non-hydrogen) atoms. The minimum atomic E-state index is 0.193. The highest BCUT2D eigenvalue weighted by Crippen LogP contribution is 2.24. The Morgan fingerprint density at radius 3 is 2.76 bits per heavy atom. The van der Waals surface area contributed by atoms with E-state index in [0.717, 1.165) is 5.56 Å². The van der Waals surface area contributed by atoms with E-state index in [2.05, 4.69) is 15.5 Å². The van der Waals surface area contributed by atoms with Crippen LogP contribution in [0.25, 0.3) is 0 Å². The molecule has 1 aromatic heterocycles. The number of anilines is 1. The Morgan fingerprint density at radius 2 is 2.10 bits per heavy atom. The van der Waals surface area contributed by atoms with Crippen LogP contribution in [0, 0.1) is 6.92 Å². The van der Waals surface area contributed by atoms with E-state index in [1.54, 1.807) is 12.1 Å². The van der Waals surface area contributed by atoms with Gasteiger partial charge < -0.3 is 5.11 Å². The number of aromatic nitrogens is 1. The number of phenols is 1. The van der Waals surface area contributed by atoms with Crippen LogP contribution in [0.3, 0.4) is 0 Å². The second-order valence-electron chi connectivity index (χ2n) is 4.53. The molecule has 0 aliphatic rings.